The molecular formula is C24H26FNO3. The number of hydrogen-bond acceptors (Lipinski definition) is 3. The molecule has 0 saturated carbocycles. The number of hydrogen-bond donors (Lipinski definition) is 1. The first kappa shape index (κ1) is 20.8. The second kappa shape index (κ2) is 9.03. The standard InChI is InChI=1S/C24H26FNO3/c1-3-5-6-15-26-21(17-11-13-19(25)14-12-17)20(23(28)24(26)29)22(27)18-9-7-16(4-2)8-10-18/h7-14,21,27H,3-6,15H2,1-2H3/b22-20-. The zero-order valence-electron chi connectivity index (χ0n) is 16.8. The summed E-state index contributed by atoms with van der Waals surface area (Å²) in [6, 6.07) is 12.3. The average molecular weight is 395 g/mol. The number of halogens is 1. The van der Waals surface area contributed by atoms with Gasteiger partial charge < -0.3 is 10.0 Å². The highest BCUT2D eigenvalue weighted by atomic mass is 19.1. The smallest absolute Gasteiger partial charge is 0.295 e. The minimum absolute atomic E-state index is 0.0577. The van der Waals surface area contributed by atoms with Gasteiger partial charge in [-0.05, 0) is 36.1 Å². The first-order chi connectivity index (χ1) is 14.0. The minimum atomic E-state index is -0.724. The lowest BCUT2D eigenvalue weighted by Crippen LogP contribution is -2.30. The number of benzene rings is 2. The van der Waals surface area contributed by atoms with Gasteiger partial charge in [0.1, 0.15) is 11.6 Å². The van der Waals surface area contributed by atoms with E-state index in [0.717, 1.165) is 31.2 Å². The Morgan fingerprint density at radius 2 is 1.66 bits per heavy atom. The van der Waals surface area contributed by atoms with Crippen molar-refractivity contribution in [2.75, 3.05) is 6.54 Å². The molecule has 0 spiro atoms. The number of nitrogens with zero attached hydrogens (tertiary/aromatic N) is 1. The molecule has 0 radical (unpaired) electrons. The monoisotopic (exact) mass is 395 g/mol. The maximum absolute atomic E-state index is 13.5. The molecule has 1 fully saturated rings. The molecule has 29 heavy (non-hydrogen) atoms. The molecule has 1 amide bonds. The number of aryl methyl sites for hydroxylation is 1. The topological polar surface area (TPSA) is 57.6 Å². The molecule has 0 aromatic heterocycles. The molecule has 1 atom stereocenters. The number of rotatable bonds is 7. The van der Waals surface area contributed by atoms with Crippen LogP contribution in [0.15, 0.2) is 54.1 Å². The fourth-order valence-corrected chi connectivity index (χ4v) is 3.69. The van der Waals surface area contributed by atoms with Crippen LogP contribution in [0.4, 0.5) is 4.39 Å². The highest BCUT2D eigenvalue weighted by Crippen LogP contribution is 2.39. The number of unbranched alkanes of at least 4 members (excludes halogenated alkanes) is 2. The third-order valence-corrected chi connectivity index (χ3v) is 5.36. The fourth-order valence-electron chi connectivity index (χ4n) is 3.69. The van der Waals surface area contributed by atoms with Crippen LogP contribution in [-0.4, -0.2) is 28.2 Å². The van der Waals surface area contributed by atoms with Crippen LogP contribution in [-0.2, 0) is 16.0 Å². The van der Waals surface area contributed by atoms with Crippen LogP contribution >= 0.6 is 0 Å². The lowest BCUT2D eigenvalue weighted by atomic mass is 9.95. The molecule has 1 aliphatic heterocycles. The van der Waals surface area contributed by atoms with Crippen molar-refractivity contribution < 1.29 is 19.1 Å². The largest absolute Gasteiger partial charge is 0.507 e. The molecule has 1 unspecified atom stereocenters. The van der Waals surface area contributed by atoms with Gasteiger partial charge in [0.15, 0.2) is 0 Å². The van der Waals surface area contributed by atoms with E-state index in [2.05, 4.69) is 6.92 Å². The van der Waals surface area contributed by atoms with Gasteiger partial charge in [-0.3, -0.25) is 9.59 Å². The number of ketones is 1. The molecular weight excluding hydrogens is 369 g/mol. The zero-order chi connectivity index (χ0) is 21.0. The fraction of sp³-hybridized carbons (Fsp3) is 0.333. The third-order valence-electron chi connectivity index (χ3n) is 5.36. The van der Waals surface area contributed by atoms with E-state index >= 15 is 0 Å². The second-order valence-electron chi connectivity index (χ2n) is 7.30. The van der Waals surface area contributed by atoms with E-state index in [1.807, 2.05) is 19.1 Å². The Balaban J connectivity index is 2.09. The van der Waals surface area contributed by atoms with E-state index in [-0.39, 0.29) is 11.3 Å². The number of amides is 1. The normalized spacial score (nSPS) is 18.4. The molecule has 2 aromatic carbocycles. The Hall–Kier alpha value is -2.95. The van der Waals surface area contributed by atoms with Crippen molar-refractivity contribution in [2.24, 2.45) is 0 Å². The lowest BCUT2D eigenvalue weighted by Gasteiger charge is -2.25. The van der Waals surface area contributed by atoms with Crippen molar-refractivity contribution >= 4 is 17.4 Å². The summed E-state index contributed by atoms with van der Waals surface area (Å²) in [5, 5.41) is 11.0. The molecule has 1 N–H and O–H groups in total. The van der Waals surface area contributed by atoms with Gasteiger partial charge in [-0.1, -0.05) is 63.1 Å². The van der Waals surface area contributed by atoms with Gasteiger partial charge in [0.05, 0.1) is 11.6 Å². The van der Waals surface area contributed by atoms with Crippen LogP contribution in [0.1, 0.15) is 55.8 Å². The Morgan fingerprint density at radius 1 is 1.00 bits per heavy atom. The van der Waals surface area contributed by atoms with Gasteiger partial charge in [0.25, 0.3) is 11.7 Å². The Morgan fingerprint density at radius 3 is 2.24 bits per heavy atom. The number of aliphatic hydroxyl groups excluding tert-OH is 1. The molecule has 0 bridgehead atoms. The summed E-state index contributed by atoms with van der Waals surface area (Å²) < 4.78 is 13.5. The molecule has 1 heterocycles. The zero-order valence-corrected chi connectivity index (χ0v) is 16.8. The third kappa shape index (κ3) is 4.24. The van der Waals surface area contributed by atoms with Crippen molar-refractivity contribution in [1.82, 2.24) is 4.90 Å². The number of Topliss-reactive ketones (excluding diaryl/α,β-unsaturated/α-hetero) is 1. The highest BCUT2D eigenvalue weighted by Gasteiger charge is 2.45. The first-order valence-electron chi connectivity index (χ1n) is 10.1. The molecule has 152 valence electrons. The SMILES string of the molecule is CCCCCN1C(=O)C(=O)/C(=C(\O)c2ccc(CC)cc2)C1c1ccc(F)cc1. The number of likely N-dealkylation sites (tertiary alicyclic amines) is 1. The van der Waals surface area contributed by atoms with Crippen LogP contribution < -0.4 is 0 Å². The van der Waals surface area contributed by atoms with Crippen molar-refractivity contribution in [2.45, 2.75) is 45.6 Å². The Bertz CT molecular complexity index is 916. The van der Waals surface area contributed by atoms with Gasteiger partial charge >= 0.3 is 0 Å². The van der Waals surface area contributed by atoms with E-state index in [1.54, 1.807) is 24.3 Å². The van der Waals surface area contributed by atoms with E-state index < -0.39 is 23.5 Å². The molecule has 4 nitrogen and oxygen atoms in total. The van der Waals surface area contributed by atoms with Crippen molar-refractivity contribution in [3.8, 4) is 0 Å². The molecule has 2 aromatic rings. The number of carbonyl (C=O) groups is 2. The summed E-state index contributed by atoms with van der Waals surface area (Å²) in [6.07, 6.45) is 3.53. The number of carbonyl (C=O) groups excluding carboxylic acids is 2. The molecule has 1 saturated heterocycles. The maximum Gasteiger partial charge on any atom is 0.295 e. The second-order valence-corrected chi connectivity index (χ2v) is 7.30. The predicted molar refractivity (Wildman–Crippen MR) is 111 cm³/mol. The van der Waals surface area contributed by atoms with Gasteiger partial charge in [0, 0.05) is 12.1 Å². The summed E-state index contributed by atoms with van der Waals surface area (Å²) in [7, 11) is 0. The highest BCUT2D eigenvalue weighted by molar-refractivity contribution is 6.46. The summed E-state index contributed by atoms with van der Waals surface area (Å²) in [6.45, 7) is 4.50. The van der Waals surface area contributed by atoms with Gasteiger partial charge in [0.2, 0.25) is 0 Å². The number of aliphatic hydroxyl groups is 1. The van der Waals surface area contributed by atoms with Crippen LogP contribution in [0, 0.1) is 5.82 Å². The summed E-state index contributed by atoms with van der Waals surface area (Å²) in [4.78, 5) is 27.1. The Kier molecular flexibility index (Phi) is 6.47. The maximum atomic E-state index is 13.5. The summed E-state index contributed by atoms with van der Waals surface area (Å²) in [5.41, 5.74) is 2.26. The Labute approximate surface area is 170 Å². The van der Waals surface area contributed by atoms with Crippen molar-refractivity contribution in [3.63, 3.8) is 0 Å². The van der Waals surface area contributed by atoms with Crippen molar-refractivity contribution in [1.29, 1.82) is 0 Å². The molecule has 1 aliphatic rings. The summed E-state index contributed by atoms with van der Waals surface area (Å²) >= 11 is 0. The van der Waals surface area contributed by atoms with Crippen LogP contribution in [0.25, 0.3) is 5.76 Å². The van der Waals surface area contributed by atoms with E-state index in [1.165, 1.54) is 17.0 Å². The van der Waals surface area contributed by atoms with Crippen LogP contribution in [0.2, 0.25) is 0 Å². The first-order valence-corrected chi connectivity index (χ1v) is 10.1. The van der Waals surface area contributed by atoms with E-state index in [4.69, 9.17) is 0 Å². The van der Waals surface area contributed by atoms with Crippen molar-refractivity contribution in [3.05, 3.63) is 76.6 Å². The van der Waals surface area contributed by atoms with Crippen LogP contribution in [0.3, 0.4) is 0 Å². The minimum Gasteiger partial charge on any atom is -0.507 e. The molecule has 3 rings (SSSR count). The lowest BCUT2D eigenvalue weighted by molar-refractivity contribution is -0.139. The summed E-state index contributed by atoms with van der Waals surface area (Å²) in [5.74, 6) is -1.92. The van der Waals surface area contributed by atoms with E-state index in [9.17, 15) is 19.1 Å². The average Bonchev–Trinajstić information content (AvgIpc) is 2.99. The van der Waals surface area contributed by atoms with Gasteiger partial charge in [-0.2, -0.15) is 0 Å². The van der Waals surface area contributed by atoms with E-state index in [0.29, 0.717) is 17.7 Å². The van der Waals surface area contributed by atoms with Gasteiger partial charge in [-0.15, -0.1) is 0 Å². The molecule has 5 heteroatoms. The molecule has 0 aliphatic carbocycles. The predicted octanol–water partition coefficient (Wildman–Crippen LogP) is 5.00. The quantitative estimate of drug-likeness (QED) is 0.311. The van der Waals surface area contributed by atoms with Crippen LogP contribution in [0.5, 0.6) is 0 Å². The van der Waals surface area contributed by atoms with Gasteiger partial charge in [-0.25, -0.2) is 4.39 Å².